The molecule has 0 atom stereocenters. The van der Waals surface area contributed by atoms with Gasteiger partial charge in [0.05, 0.1) is 0 Å². The number of benzene rings is 2. The minimum absolute atomic E-state index is 0.291. The van der Waals surface area contributed by atoms with E-state index in [0.717, 1.165) is 11.1 Å². The van der Waals surface area contributed by atoms with Crippen molar-refractivity contribution >= 4 is 23.3 Å². The van der Waals surface area contributed by atoms with E-state index in [1.807, 2.05) is 60.7 Å². The Morgan fingerprint density at radius 2 is 1.10 bits per heavy atom. The van der Waals surface area contributed by atoms with Crippen LogP contribution < -0.4 is 0 Å². The molecule has 0 spiro atoms. The summed E-state index contributed by atoms with van der Waals surface area (Å²) in [4.78, 5) is 0. The first-order valence-corrected chi connectivity index (χ1v) is 7.89. The zero-order chi connectivity index (χ0) is 14.9. The van der Waals surface area contributed by atoms with Crippen LogP contribution in [0.2, 0.25) is 0 Å². The van der Waals surface area contributed by atoms with Crippen molar-refractivity contribution in [3.63, 3.8) is 0 Å². The van der Waals surface area contributed by atoms with Gasteiger partial charge >= 0.3 is 0 Å². The maximum atomic E-state index is 9.89. The van der Waals surface area contributed by atoms with E-state index in [2.05, 4.69) is 0 Å². The lowest BCUT2D eigenvalue weighted by atomic mass is 10.2. The average molecular weight is 298 g/mol. The molecule has 0 aromatic heterocycles. The largest absolute Gasteiger partial charge is 0.508 e. The zero-order valence-electron chi connectivity index (χ0n) is 11.6. The van der Waals surface area contributed by atoms with Gasteiger partial charge < -0.3 is 10.2 Å². The average Bonchev–Trinajstić information content (AvgIpc) is 2.55. The molecule has 108 valence electrons. The van der Waals surface area contributed by atoms with Crippen LogP contribution in [0.1, 0.15) is 11.1 Å². The predicted molar refractivity (Wildman–Crippen MR) is 91.4 cm³/mol. The van der Waals surface area contributed by atoms with Gasteiger partial charge in [0.2, 0.25) is 0 Å². The summed E-state index contributed by atoms with van der Waals surface area (Å²) in [6.45, 7) is 0. The maximum absolute atomic E-state index is 9.89. The highest BCUT2D eigenvalue weighted by Gasteiger charge is 1.98. The molecule has 2 N–H and O–H groups in total. The summed E-state index contributed by atoms with van der Waals surface area (Å²) in [6.07, 6.45) is 3.57. The highest BCUT2D eigenvalue weighted by atomic mass is 32.2. The third kappa shape index (κ3) is 5.04. The Balaban J connectivity index is 1.80. The summed E-state index contributed by atoms with van der Waals surface area (Å²) in [5.41, 5.74) is 1.64. The minimum Gasteiger partial charge on any atom is -0.508 e. The van der Waals surface area contributed by atoms with E-state index in [1.165, 1.54) is 0 Å². The molecular formula is C18H18O2S. The van der Waals surface area contributed by atoms with Crippen molar-refractivity contribution in [3.05, 3.63) is 83.9 Å². The van der Waals surface area contributed by atoms with Crippen molar-refractivity contribution in [2.75, 3.05) is 11.5 Å². The van der Waals surface area contributed by atoms with Gasteiger partial charge in [0.25, 0.3) is 0 Å². The van der Waals surface area contributed by atoms with Gasteiger partial charge in [0, 0.05) is 22.6 Å². The molecule has 2 rings (SSSR count). The molecule has 21 heavy (non-hydrogen) atoms. The van der Waals surface area contributed by atoms with E-state index in [4.69, 9.17) is 0 Å². The molecule has 0 aliphatic carbocycles. The number of aliphatic hydroxyl groups is 2. The molecular weight excluding hydrogens is 280 g/mol. The molecule has 0 radical (unpaired) electrons. The lowest BCUT2D eigenvalue weighted by molar-refractivity contribution is 0.510. The molecule has 2 aromatic carbocycles. The van der Waals surface area contributed by atoms with Crippen LogP contribution in [-0.4, -0.2) is 21.7 Å². The van der Waals surface area contributed by atoms with Gasteiger partial charge in [-0.15, -0.1) is 0 Å². The molecule has 0 amide bonds. The van der Waals surface area contributed by atoms with Crippen molar-refractivity contribution in [2.24, 2.45) is 0 Å². The summed E-state index contributed by atoms with van der Waals surface area (Å²) >= 11 is 1.63. The Hall–Kier alpha value is -2.13. The van der Waals surface area contributed by atoms with Crippen molar-refractivity contribution in [1.29, 1.82) is 0 Å². The Morgan fingerprint density at radius 1 is 0.714 bits per heavy atom. The normalized spacial score (nSPS) is 12.4. The van der Waals surface area contributed by atoms with Crippen LogP contribution in [0.15, 0.2) is 72.8 Å². The van der Waals surface area contributed by atoms with Crippen LogP contribution in [0.5, 0.6) is 0 Å². The highest BCUT2D eigenvalue weighted by molar-refractivity contribution is 7.99. The molecule has 3 heteroatoms. The van der Waals surface area contributed by atoms with E-state index in [9.17, 15) is 10.2 Å². The van der Waals surface area contributed by atoms with Crippen LogP contribution in [0.4, 0.5) is 0 Å². The summed E-state index contributed by atoms with van der Waals surface area (Å²) in [5.74, 6) is 1.97. The molecule has 0 aliphatic heterocycles. The third-order valence-electron chi connectivity index (χ3n) is 2.93. The second-order valence-corrected chi connectivity index (χ2v) is 5.52. The fraction of sp³-hybridized carbons (Fsp3) is 0.111. The zero-order valence-corrected chi connectivity index (χ0v) is 12.5. The van der Waals surface area contributed by atoms with Crippen LogP contribution >= 0.6 is 11.8 Å². The summed E-state index contributed by atoms with van der Waals surface area (Å²) in [5, 5.41) is 19.8. The van der Waals surface area contributed by atoms with Gasteiger partial charge in [-0.25, -0.2) is 0 Å². The smallest absolute Gasteiger partial charge is 0.119 e. The topological polar surface area (TPSA) is 40.5 Å². The maximum Gasteiger partial charge on any atom is 0.119 e. The molecule has 0 unspecified atom stereocenters. The van der Waals surface area contributed by atoms with Crippen molar-refractivity contribution in [3.8, 4) is 0 Å². The van der Waals surface area contributed by atoms with E-state index < -0.39 is 0 Å². The summed E-state index contributed by atoms with van der Waals surface area (Å²) in [7, 11) is 0. The molecule has 0 fully saturated rings. The lowest BCUT2D eigenvalue weighted by Crippen LogP contribution is -1.86. The van der Waals surface area contributed by atoms with E-state index in [-0.39, 0.29) is 0 Å². The summed E-state index contributed by atoms with van der Waals surface area (Å²) < 4.78 is 0. The van der Waals surface area contributed by atoms with Crippen molar-refractivity contribution < 1.29 is 10.2 Å². The second kappa shape index (κ2) is 8.22. The first-order chi connectivity index (χ1) is 10.3. The highest BCUT2D eigenvalue weighted by Crippen LogP contribution is 2.14. The van der Waals surface area contributed by atoms with Gasteiger partial charge in [-0.2, -0.15) is 11.8 Å². The second-order valence-electron chi connectivity index (χ2n) is 4.45. The Kier molecular flexibility index (Phi) is 5.98. The predicted octanol–water partition coefficient (Wildman–Crippen LogP) is 4.92. The molecule has 2 aromatic rings. The van der Waals surface area contributed by atoms with Gasteiger partial charge in [-0.05, 0) is 12.2 Å². The molecule has 0 heterocycles. The van der Waals surface area contributed by atoms with Crippen LogP contribution in [-0.2, 0) is 0 Å². The standard InChI is InChI=1S/C18H18O2S/c19-17(15-7-3-1-4-8-15)11-13-21-14-12-18(20)16-9-5-2-6-10-16/h1-12,19-20H,13-14H2. The number of thioether (sulfide) groups is 1. The molecule has 0 bridgehead atoms. The van der Waals surface area contributed by atoms with Gasteiger partial charge in [-0.1, -0.05) is 60.7 Å². The Morgan fingerprint density at radius 3 is 1.48 bits per heavy atom. The quantitative estimate of drug-likeness (QED) is 0.587. The van der Waals surface area contributed by atoms with Crippen LogP contribution in [0.3, 0.4) is 0 Å². The monoisotopic (exact) mass is 298 g/mol. The number of rotatable bonds is 6. The SMILES string of the molecule is OC(=CCSCC=C(O)c1ccccc1)c1ccccc1. The molecule has 0 aliphatic rings. The molecule has 0 saturated carbocycles. The van der Waals surface area contributed by atoms with E-state index >= 15 is 0 Å². The van der Waals surface area contributed by atoms with E-state index in [1.54, 1.807) is 23.9 Å². The van der Waals surface area contributed by atoms with Gasteiger partial charge in [0.1, 0.15) is 11.5 Å². The molecule has 2 nitrogen and oxygen atoms in total. The molecule has 0 saturated heterocycles. The lowest BCUT2D eigenvalue weighted by Gasteiger charge is -2.01. The third-order valence-corrected chi connectivity index (χ3v) is 3.73. The van der Waals surface area contributed by atoms with Crippen molar-refractivity contribution in [2.45, 2.75) is 0 Å². The summed E-state index contributed by atoms with van der Waals surface area (Å²) in [6, 6.07) is 18.9. The van der Waals surface area contributed by atoms with Gasteiger partial charge in [-0.3, -0.25) is 0 Å². The van der Waals surface area contributed by atoms with Crippen LogP contribution in [0, 0.1) is 0 Å². The van der Waals surface area contributed by atoms with Gasteiger partial charge in [0.15, 0.2) is 0 Å². The number of aliphatic hydroxyl groups excluding tert-OH is 2. The van der Waals surface area contributed by atoms with E-state index in [0.29, 0.717) is 23.0 Å². The fourth-order valence-corrected chi connectivity index (χ4v) is 2.48. The number of hydrogen-bond acceptors (Lipinski definition) is 3. The Bertz CT molecular complexity index is 548. The minimum atomic E-state index is 0.291. The first kappa shape index (κ1) is 15.3. The fourth-order valence-electron chi connectivity index (χ4n) is 1.80. The number of hydrogen-bond donors (Lipinski definition) is 2. The van der Waals surface area contributed by atoms with Crippen molar-refractivity contribution in [1.82, 2.24) is 0 Å². The first-order valence-electron chi connectivity index (χ1n) is 6.74. The Labute approximate surface area is 129 Å². The van der Waals surface area contributed by atoms with Crippen LogP contribution in [0.25, 0.3) is 11.5 Å².